The van der Waals surface area contributed by atoms with Gasteiger partial charge in [0.25, 0.3) is 0 Å². The number of carboxylic acid groups (broad SMARTS) is 4. The molecule has 1 heterocycles. The van der Waals surface area contributed by atoms with Crippen molar-refractivity contribution < 1.29 is 70.7 Å². The van der Waals surface area contributed by atoms with E-state index in [1.165, 1.54) is 13.8 Å². The molecule has 2 aliphatic rings. The Morgan fingerprint density at radius 3 is 1.45 bits per heavy atom. The molecule has 0 aromatic heterocycles. The zero-order valence-corrected chi connectivity index (χ0v) is 22.6. The third-order valence-corrected chi connectivity index (χ3v) is 8.41. The monoisotopic (exact) mass is 608 g/mol. The van der Waals surface area contributed by atoms with Crippen LogP contribution < -0.4 is 4.74 Å². The molecule has 2 unspecified atom stereocenters. The van der Waals surface area contributed by atoms with E-state index >= 15 is 26.3 Å². The molecule has 1 aliphatic carbocycles. The number of carbonyl (C=O) groups is 4. The van der Waals surface area contributed by atoms with Crippen LogP contribution in [0.15, 0.2) is 34.6 Å². The molecule has 230 valence electrons. The number of aryl methyl sites for hydroxylation is 2. The number of halogens is 6. The molecule has 0 saturated carbocycles. The summed E-state index contributed by atoms with van der Waals surface area (Å²) in [6, 6.07) is 1.36. The predicted octanol–water partition coefficient (Wildman–Crippen LogP) is 5.26. The lowest BCUT2D eigenvalue weighted by Crippen LogP contribution is -2.65. The Bertz CT molecular complexity index is 1440. The second kappa shape index (κ2) is 10.1. The number of alkyl halides is 6. The van der Waals surface area contributed by atoms with Crippen molar-refractivity contribution in [3.63, 3.8) is 0 Å². The van der Waals surface area contributed by atoms with Crippen LogP contribution in [0, 0.1) is 10.8 Å². The van der Waals surface area contributed by atoms with Gasteiger partial charge in [-0.25, -0.2) is 9.59 Å². The van der Waals surface area contributed by atoms with Crippen molar-refractivity contribution in [1.82, 2.24) is 0 Å². The van der Waals surface area contributed by atoms with Crippen molar-refractivity contribution in [3.8, 4) is 5.75 Å². The first-order chi connectivity index (χ1) is 19.2. The Kier molecular flexibility index (Phi) is 7.77. The number of benzene rings is 1. The summed E-state index contributed by atoms with van der Waals surface area (Å²) in [5.41, 5.74) is -19.9. The van der Waals surface area contributed by atoms with Gasteiger partial charge in [-0.15, -0.1) is 0 Å². The fourth-order valence-electron chi connectivity index (χ4n) is 6.64. The molecular formula is C27H26F6O9. The van der Waals surface area contributed by atoms with Gasteiger partial charge in [0.2, 0.25) is 5.41 Å². The smallest absolute Gasteiger partial charge is 0.411 e. The molecule has 0 amide bonds. The molecule has 15 heteroatoms. The lowest BCUT2D eigenvalue weighted by Gasteiger charge is -2.53. The maximum atomic E-state index is 15.3. The van der Waals surface area contributed by atoms with E-state index in [0.717, 1.165) is 19.9 Å². The summed E-state index contributed by atoms with van der Waals surface area (Å²) >= 11 is 0. The average Bonchev–Trinajstić information content (AvgIpc) is 2.86. The molecular weight excluding hydrogens is 582 g/mol. The minimum Gasteiger partial charge on any atom is -0.481 e. The zero-order chi connectivity index (χ0) is 32.4. The number of ether oxygens (including phenoxy) is 1. The van der Waals surface area contributed by atoms with Crippen molar-refractivity contribution >= 4 is 23.9 Å². The number of aliphatic carboxylic acids is 4. The molecule has 0 spiro atoms. The van der Waals surface area contributed by atoms with Crippen LogP contribution in [0.25, 0.3) is 0 Å². The van der Waals surface area contributed by atoms with Gasteiger partial charge in [-0.1, -0.05) is 33.8 Å². The molecule has 1 aromatic rings. The van der Waals surface area contributed by atoms with Gasteiger partial charge in [-0.05, 0) is 42.9 Å². The molecule has 0 bridgehead atoms. The molecule has 4 N–H and O–H groups in total. The maximum absolute atomic E-state index is 15.3. The largest absolute Gasteiger partial charge is 0.481 e. The Hall–Kier alpha value is -4.04. The van der Waals surface area contributed by atoms with Gasteiger partial charge in [0.1, 0.15) is 22.3 Å². The Balaban J connectivity index is 2.98. The summed E-state index contributed by atoms with van der Waals surface area (Å²) in [6.07, 6.45) is -15.2. The van der Waals surface area contributed by atoms with E-state index in [2.05, 4.69) is 0 Å². The lowest BCUT2D eigenvalue weighted by atomic mass is 9.47. The Morgan fingerprint density at radius 2 is 1.12 bits per heavy atom. The summed E-state index contributed by atoms with van der Waals surface area (Å²) in [7, 11) is 0. The van der Waals surface area contributed by atoms with Crippen LogP contribution in [-0.2, 0) is 37.4 Å². The molecule has 3 rings (SSSR count). The number of allylic oxidation sites excluding steroid dienone is 1. The normalized spacial score (nSPS) is 23.6. The standard InChI is InChI=1S/C27H26F6O9/c1-5-11-9-13-14(10-12(11)6-2)42-18-15(25(13,26(28,29)30)27(31,32)33)16(19(34)35)23(7-3,21(38)39)24(8-4,22(40)41)17(18)20(36)37/h9-10H,5-8H2,1-4H3,(H,34,35)(H,36,37)(H,38,39)(H,40,41). The van der Waals surface area contributed by atoms with E-state index < -0.39 is 99.1 Å². The van der Waals surface area contributed by atoms with E-state index in [0.29, 0.717) is 6.07 Å². The molecule has 0 radical (unpaired) electrons. The van der Waals surface area contributed by atoms with Crippen LogP contribution in [0.4, 0.5) is 26.3 Å². The number of hydrogen-bond acceptors (Lipinski definition) is 5. The van der Waals surface area contributed by atoms with E-state index in [-0.39, 0.29) is 24.0 Å². The van der Waals surface area contributed by atoms with Crippen LogP contribution in [-0.4, -0.2) is 56.7 Å². The number of rotatable bonds is 8. The van der Waals surface area contributed by atoms with Gasteiger partial charge in [0.15, 0.2) is 0 Å². The Morgan fingerprint density at radius 1 is 0.714 bits per heavy atom. The van der Waals surface area contributed by atoms with Crippen LogP contribution in [0.5, 0.6) is 5.75 Å². The first-order valence-electron chi connectivity index (χ1n) is 12.7. The zero-order valence-electron chi connectivity index (χ0n) is 22.6. The van der Waals surface area contributed by atoms with Gasteiger partial charge >= 0.3 is 36.2 Å². The van der Waals surface area contributed by atoms with Gasteiger partial charge in [0.05, 0.1) is 11.1 Å². The van der Waals surface area contributed by atoms with Gasteiger partial charge in [-0.3, -0.25) is 9.59 Å². The summed E-state index contributed by atoms with van der Waals surface area (Å²) < 4.78 is 97.1. The predicted molar refractivity (Wildman–Crippen MR) is 130 cm³/mol. The fraction of sp³-hybridized carbons (Fsp3) is 0.481. The van der Waals surface area contributed by atoms with Crippen molar-refractivity contribution in [2.24, 2.45) is 10.8 Å². The highest BCUT2D eigenvalue weighted by molar-refractivity contribution is 6.10. The second-order valence-corrected chi connectivity index (χ2v) is 9.86. The molecule has 1 aliphatic heterocycles. The van der Waals surface area contributed by atoms with Crippen molar-refractivity contribution in [2.45, 2.75) is 71.1 Å². The highest BCUT2D eigenvalue weighted by Crippen LogP contribution is 2.69. The molecule has 9 nitrogen and oxygen atoms in total. The number of fused-ring (bicyclic) bond motifs is 2. The molecule has 42 heavy (non-hydrogen) atoms. The summed E-state index contributed by atoms with van der Waals surface area (Å²) in [5.74, 6) is -12.7. The second-order valence-electron chi connectivity index (χ2n) is 9.86. The van der Waals surface area contributed by atoms with E-state index in [4.69, 9.17) is 4.74 Å². The van der Waals surface area contributed by atoms with E-state index in [1.54, 1.807) is 0 Å². The summed E-state index contributed by atoms with van der Waals surface area (Å²) in [5, 5.41) is 41.1. The molecule has 0 saturated heterocycles. The first kappa shape index (κ1) is 32.5. The van der Waals surface area contributed by atoms with Gasteiger partial charge in [0, 0.05) is 11.1 Å². The number of hydrogen-bond donors (Lipinski definition) is 4. The minimum absolute atomic E-state index is 0.00493. The first-order valence-corrected chi connectivity index (χ1v) is 12.7. The third kappa shape index (κ3) is 3.70. The minimum atomic E-state index is -6.47. The van der Waals surface area contributed by atoms with Gasteiger partial charge < -0.3 is 25.2 Å². The molecule has 0 fully saturated rings. The van der Waals surface area contributed by atoms with Crippen molar-refractivity contribution in [2.75, 3.05) is 0 Å². The Labute approximate surface area is 234 Å². The van der Waals surface area contributed by atoms with Crippen LogP contribution >= 0.6 is 0 Å². The average molecular weight is 608 g/mol. The number of carboxylic acids is 4. The quantitative estimate of drug-likeness (QED) is 0.289. The SMILES string of the molecule is CCc1cc2c(cc1CC)C(C(F)(F)F)(C(F)(F)F)C1=C(C(=O)O)C(CC)(C(=O)O)C(CC)(C(=O)O)C(C(=O)O)=C1O2. The highest BCUT2D eigenvalue weighted by Gasteiger charge is 2.81. The van der Waals surface area contributed by atoms with Crippen molar-refractivity contribution in [3.05, 3.63) is 51.3 Å². The van der Waals surface area contributed by atoms with Crippen LogP contribution in [0.3, 0.4) is 0 Å². The van der Waals surface area contributed by atoms with E-state index in [1.807, 2.05) is 0 Å². The third-order valence-electron chi connectivity index (χ3n) is 8.41. The lowest BCUT2D eigenvalue weighted by molar-refractivity contribution is -0.292. The van der Waals surface area contributed by atoms with Crippen LogP contribution in [0.2, 0.25) is 0 Å². The fourth-order valence-corrected chi connectivity index (χ4v) is 6.64. The van der Waals surface area contributed by atoms with E-state index in [9.17, 15) is 39.6 Å². The van der Waals surface area contributed by atoms with Crippen molar-refractivity contribution in [1.29, 1.82) is 0 Å². The van der Waals surface area contributed by atoms with Gasteiger partial charge in [-0.2, -0.15) is 26.3 Å². The molecule has 1 aromatic carbocycles. The highest BCUT2D eigenvalue weighted by atomic mass is 19.4. The molecule has 2 atom stereocenters. The summed E-state index contributed by atoms with van der Waals surface area (Å²) in [4.78, 5) is 51.3. The van der Waals surface area contributed by atoms with Crippen LogP contribution in [0.1, 0.15) is 57.2 Å². The topological polar surface area (TPSA) is 158 Å². The summed E-state index contributed by atoms with van der Waals surface area (Å²) in [6.45, 7) is 4.74. The maximum Gasteiger partial charge on any atom is 0.411 e.